The number of aryl methyl sites for hydroxylation is 1. The quantitative estimate of drug-likeness (QED) is 0.901. The van der Waals surface area contributed by atoms with Gasteiger partial charge in [-0.2, -0.15) is 0 Å². The fourth-order valence-electron chi connectivity index (χ4n) is 2.86. The summed E-state index contributed by atoms with van der Waals surface area (Å²) in [7, 11) is 0. The molecule has 1 N–H and O–H groups in total. The average Bonchev–Trinajstić information content (AvgIpc) is 3.04. The summed E-state index contributed by atoms with van der Waals surface area (Å²) >= 11 is 6.26. The van der Waals surface area contributed by atoms with Crippen LogP contribution in [-0.2, 0) is 0 Å². The molecular formula is C15H20ClNO. The van der Waals surface area contributed by atoms with Crippen LogP contribution in [0.3, 0.4) is 0 Å². The van der Waals surface area contributed by atoms with E-state index in [1.165, 1.54) is 19.3 Å². The second kappa shape index (κ2) is 5.10. The van der Waals surface area contributed by atoms with Gasteiger partial charge in [-0.25, -0.2) is 0 Å². The first-order valence-electron chi connectivity index (χ1n) is 6.88. The topological polar surface area (TPSA) is 21.3 Å². The van der Waals surface area contributed by atoms with Gasteiger partial charge in [0.05, 0.1) is 5.02 Å². The zero-order valence-electron chi connectivity index (χ0n) is 10.8. The molecule has 0 spiro atoms. The van der Waals surface area contributed by atoms with Gasteiger partial charge in [0.15, 0.2) is 0 Å². The predicted octanol–water partition coefficient (Wildman–Crippen LogP) is 3.42. The van der Waals surface area contributed by atoms with Crippen LogP contribution in [0.5, 0.6) is 5.75 Å². The van der Waals surface area contributed by atoms with Crippen molar-refractivity contribution >= 4 is 11.6 Å². The highest BCUT2D eigenvalue weighted by Gasteiger charge is 2.39. The molecule has 0 unspecified atom stereocenters. The molecule has 18 heavy (non-hydrogen) atoms. The van der Waals surface area contributed by atoms with Gasteiger partial charge in [-0.1, -0.05) is 23.7 Å². The van der Waals surface area contributed by atoms with E-state index in [1.54, 1.807) is 0 Å². The van der Waals surface area contributed by atoms with Gasteiger partial charge >= 0.3 is 0 Å². The average molecular weight is 266 g/mol. The van der Waals surface area contributed by atoms with E-state index in [9.17, 15) is 0 Å². The number of ether oxygens (including phenoxy) is 1. The number of nitrogens with one attached hydrogen (secondary N) is 1. The largest absolute Gasteiger partial charge is 0.488 e. The maximum Gasteiger partial charge on any atom is 0.141 e. The van der Waals surface area contributed by atoms with E-state index in [0.29, 0.717) is 12.0 Å². The summed E-state index contributed by atoms with van der Waals surface area (Å²) in [6, 6.07) is 5.96. The number of para-hydroxylation sites is 1. The van der Waals surface area contributed by atoms with Crippen LogP contribution in [0, 0.1) is 18.8 Å². The van der Waals surface area contributed by atoms with E-state index in [4.69, 9.17) is 16.3 Å². The van der Waals surface area contributed by atoms with Gasteiger partial charge in [0.2, 0.25) is 0 Å². The molecule has 1 aliphatic heterocycles. The number of rotatable bonds is 4. The molecule has 1 saturated carbocycles. The van der Waals surface area contributed by atoms with Crippen LogP contribution >= 0.6 is 11.6 Å². The SMILES string of the molecule is Cc1cccc(Cl)c1O[C@@H](C1CC1)[C@H]1CCNC1. The molecule has 1 aromatic rings. The lowest BCUT2D eigenvalue weighted by Gasteiger charge is -2.25. The fraction of sp³-hybridized carbons (Fsp3) is 0.600. The monoisotopic (exact) mass is 265 g/mol. The lowest BCUT2D eigenvalue weighted by molar-refractivity contribution is 0.120. The first kappa shape index (κ1) is 12.3. The summed E-state index contributed by atoms with van der Waals surface area (Å²) in [4.78, 5) is 0. The van der Waals surface area contributed by atoms with E-state index < -0.39 is 0 Å². The van der Waals surface area contributed by atoms with Crippen LogP contribution < -0.4 is 10.1 Å². The molecule has 1 saturated heterocycles. The number of hydrogen-bond donors (Lipinski definition) is 1. The van der Waals surface area contributed by atoms with Gasteiger partial charge in [-0.3, -0.25) is 0 Å². The summed E-state index contributed by atoms with van der Waals surface area (Å²) in [5, 5.41) is 4.18. The Bertz CT molecular complexity index is 404. The minimum Gasteiger partial charge on any atom is -0.488 e. The van der Waals surface area contributed by atoms with Crippen molar-refractivity contribution in [1.29, 1.82) is 0 Å². The molecule has 3 rings (SSSR count). The second-order valence-corrected chi connectivity index (χ2v) is 5.97. The van der Waals surface area contributed by atoms with Crippen molar-refractivity contribution in [1.82, 2.24) is 5.32 Å². The van der Waals surface area contributed by atoms with Crippen molar-refractivity contribution in [2.45, 2.75) is 32.3 Å². The van der Waals surface area contributed by atoms with Crippen LogP contribution in [0.25, 0.3) is 0 Å². The van der Waals surface area contributed by atoms with E-state index in [0.717, 1.165) is 35.3 Å². The highest BCUT2D eigenvalue weighted by Crippen LogP contribution is 2.41. The summed E-state index contributed by atoms with van der Waals surface area (Å²) < 4.78 is 6.31. The third kappa shape index (κ3) is 2.50. The first-order valence-corrected chi connectivity index (χ1v) is 7.26. The van der Waals surface area contributed by atoms with Crippen molar-refractivity contribution in [2.75, 3.05) is 13.1 Å². The van der Waals surface area contributed by atoms with Gasteiger partial charge in [-0.05, 0) is 50.3 Å². The van der Waals surface area contributed by atoms with Gasteiger partial charge in [0.25, 0.3) is 0 Å². The molecule has 2 atom stereocenters. The smallest absolute Gasteiger partial charge is 0.141 e. The molecule has 1 aliphatic carbocycles. The van der Waals surface area contributed by atoms with Gasteiger partial charge in [-0.15, -0.1) is 0 Å². The first-order chi connectivity index (χ1) is 8.75. The predicted molar refractivity (Wildman–Crippen MR) is 74.3 cm³/mol. The Kier molecular flexibility index (Phi) is 3.49. The van der Waals surface area contributed by atoms with Gasteiger partial charge < -0.3 is 10.1 Å². The molecule has 3 heteroatoms. The Hall–Kier alpha value is -0.730. The Balaban J connectivity index is 1.79. The third-order valence-corrected chi connectivity index (χ3v) is 4.37. The third-order valence-electron chi connectivity index (χ3n) is 4.07. The van der Waals surface area contributed by atoms with Gasteiger partial charge in [0.1, 0.15) is 11.9 Å². The molecule has 0 bridgehead atoms. The Morgan fingerprint density at radius 3 is 2.72 bits per heavy atom. The molecule has 2 fully saturated rings. The molecule has 0 aromatic heterocycles. The summed E-state index contributed by atoms with van der Waals surface area (Å²) in [6.07, 6.45) is 4.19. The molecule has 0 radical (unpaired) electrons. The molecule has 98 valence electrons. The van der Waals surface area contributed by atoms with Crippen LogP contribution in [0.4, 0.5) is 0 Å². The van der Waals surface area contributed by atoms with E-state index in [2.05, 4.69) is 18.3 Å². The molecule has 2 nitrogen and oxygen atoms in total. The van der Waals surface area contributed by atoms with Crippen LogP contribution in [0.1, 0.15) is 24.8 Å². The molecule has 1 aromatic carbocycles. The maximum absolute atomic E-state index is 6.31. The van der Waals surface area contributed by atoms with E-state index in [-0.39, 0.29) is 0 Å². The van der Waals surface area contributed by atoms with Gasteiger partial charge in [0, 0.05) is 12.5 Å². The Morgan fingerprint density at radius 1 is 1.28 bits per heavy atom. The summed E-state index contributed by atoms with van der Waals surface area (Å²) in [5.41, 5.74) is 1.14. The van der Waals surface area contributed by atoms with Crippen LogP contribution in [0.15, 0.2) is 18.2 Å². The summed E-state index contributed by atoms with van der Waals surface area (Å²) in [6.45, 7) is 4.28. The Labute approximate surface area is 114 Å². The molecular weight excluding hydrogens is 246 g/mol. The minimum atomic E-state index is 0.346. The highest BCUT2D eigenvalue weighted by molar-refractivity contribution is 6.32. The lowest BCUT2D eigenvalue weighted by atomic mass is 9.97. The van der Waals surface area contributed by atoms with Crippen molar-refractivity contribution < 1.29 is 4.74 Å². The lowest BCUT2D eigenvalue weighted by Crippen LogP contribution is -2.31. The van der Waals surface area contributed by atoms with Crippen LogP contribution in [-0.4, -0.2) is 19.2 Å². The fourth-order valence-corrected chi connectivity index (χ4v) is 3.13. The van der Waals surface area contributed by atoms with Crippen molar-refractivity contribution in [2.24, 2.45) is 11.8 Å². The summed E-state index contributed by atoms with van der Waals surface area (Å²) in [5.74, 6) is 2.28. The van der Waals surface area contributed by atoms with Crippen molar-refractivity contribution in [3.63, 3.8) is 0 Å². The van der Waals surface area contributed by atoms with Crippen LogP contribution in [0.2, 0.25) is 5.02 Å². The normalized spacial score (nSPS) is 25.1. The standard InChI is InChI=1S/C15H20ClNO/c1-10-3-2-4-13(16)14(10)18-15(11-5-6-11)12-7-8-17-9-12/h2-4,11-12,15,17H,5-9H2,1H3/t12-,15-/m0/s1. The second-order valence-electron chi connectivity index (χ2n) is 5.56. The number of halogens is 1. The van der Waals surface area contributed by atoms with Crippen molar-refractivity contribution in [3.8, 4) is 5.75 Å². The highest BCUT2D eigenvalue weighted by atomic mass is 35.5. The molecule has 2 aliphatic rings. The zero-order valence-corrected chi connectivity index (χ0v) is 11.5. The maximum atomic E-state index is 6.31. The molecule has 0 amide bonds. The van der Waals surface area contributed by atoms with Crippen molar-refractivity contribution in [3.05, 3.63) is 28.8 Å². The van der Waals surface area contributed by atoms with E-state index >= 15 is 0 Å². The minimum absolute atomic E-state index is 0.346. The zero-order chi connectivity index (χ0) is 12.5. The Morgan fingerprint density at radius 2 is 2.11 bits per heavy atom. The number of benzene rings is 1. The number of hydrogen-bond acceptors (Lipinski definition) is 2. The van der Waals surface area contributed by atoms with E-state index in [1.807, 2.05) is 12.1 Å². The molecule has 1 heterocycles.